The molecule has 1 fully saturated rings. The van der Waals surface area contributed by atoms with E-state index in [2.05, 4.69) is 15.6 Å². The lowest BCUT2D eigenvalue weighted by atomic mass is 10.1. The number of thioether (sulfide) groups is 1. The predicted octanol–water partition coefficient (Wildman–Crippen LogP) is 3.57. The Balaban J connectivity index is 1.47. The van der Waals surface area contributed by atoms with Gasteiger partial charge in [-0.25, -0.2) is 4.79 Å². The number of esters is 1. The second kappa shape index (κ2) is 11.8. The average Bonchev–Trinajstić information content (AvgIpc) is 3.09. The lowest BCUT2D eigenvalue weighted by molar-refractivity contribution is -0.124. The molecule has 1 saturated heterocycles. The van der Waals surface area contributed by atoms with Crippen LogP contribution in [0.25, 0.3) is 6.08 Å². The van der Waals surface area contributed by atoms with Gasteiger partial charge in [0.15, 0.2) is 0 Å². The first-order chi connectivity index (χ1) is 16.3. The Kier molecular flexibility index (Phi) is 8.80. The number of hydrogen-bond donors (Lipinski definition) is 2. The minimum Gasteiger partial charge on any atom is -0.465 e. The maximum absolute atomic E-state index is 12.7. The average molecular weight is 518 g/mol. The van der Waals surface area contributed by atoms with Crippen molar-refractivity contribution in [3.05, 3.63) is 75.1 Å². The number of nitrogens with one attached hydrogen (secondary N) is 2. The molecule has 1 heterocycles. The number of ether oxygens (including phenoxy) is 1. The number of hydrogen-bond acceptors (Lipinski definition) is 7. The Labute approximate surface area is 210 Å². The van der Waals surface area contributed by atoms with Gasteiger partial charge in [0.05, 0.1) is 17.6 Å². The van der Waals surface area contributed by atoms with Gasteiger partial charge in [0, 0.05) is 23.6 Å². The summed E-state index contributed by atoms with van der Waals surface area (Å²) in [6.07, 6.45) is 2.13. The monoisotopic (exact) mass is 517 g/mol. The van der Waals surface area contributed by atoms with E-state index in [1.165, 1.54) is 29.8 Å². The molecule has 2 N–H and O–H groups in total. The SMILES string of the molecule is COC(=O)c1ccc(/C=C2\SC(=S)N(CCCC(=O)NNC(=O)c3cccc(Cl)c3)C2=O)cc1. The van der Waals surface area contributed by atoms with Gasteiger partial charge in [0.25, 0.3) is 11.8 Å². The quantitative estimate of drug-likeness (QED) is 0.250. The van der Waals surface area contributed by atoms with E-state index in [-0.39, 0.29) is 18.9 Å². The summed E-state index contributed by atoms with van der Waals surface area (Å²) in [4.78, 5) is 50.2. The number of benzene rings is 2. The van der Waals surface area contributed by atoms with E-state index >= 15 is 0 Å². The summed E-state index contributed by atoms with van der Waals surface area (Å²) >= 11 is 12.3. The molecule has 0 aromatic heterocycles. The van der Waals surface area contributed by atoms with Crippen molar-refractivity contribution in [2.45, 2.75) is 12.8 Å². The van der Waals surface area contributed by atoms with Gasteiger partial charge in [0.1, 0.15) is 4.32 Å². The number of hydrazine groups is 1. The largest absolute Gasteiger partial charge is 0.465 e. The highest BCUT2D eigenvalue weighted by molar-refractivity contribution is 8.26. The summed E-state index contributed by atoms with van der Waals surface area (Å²) in [5.74, 6) is -1.58. The molecule has 0 spiro atoms. The lowest BCUT2D eigenvalue weighted by Crippen LogP contribution is -2.41. The number of thiocarbonyl (C=S) groups is 1. The normalized spacial score (nSPS) is 14.3. The van der Waals surface area contributed by atoms with Crippen molar-refractivity contribution in [3.8, 4) is 0 Å². The molecule has 3 amide bonds. The molecule has 0 radical (unpaired) electrons. The van der Waals surface area contributed by atoms with Gasteiger partial charge in [-0.15, -0.1) is 0 Å². The third kappa shape index (κ3) is 6.66. The van der Waals surface area contributed by atoms with Crippen LogP contribution < -0.4 is 10.9 Å². The third-order valence-corrected chi connectivity index (χ3v) is 6.30. The number of nitrogens with zero attached hydrogens (tertiary/aromatic N) is 1. The molecule has 0 unspecified atom stereocenters. The highest BCUT2D eigenvalue weighted by Crippen LogP contribution is 2.32. The van der Waals surface area contributed by atoms with Crippen LogP contribution >= 0.6 is 35.6 Å². The third-order valence-electron chi connectivity index (χ3n) is 4.69. The van der Waals surface area contributed by atoms with Gasteiger partial charge in [-0.05, 0) is 48.4 Å². The topological polar surface area (TPSA) is 105 Å². The van der Waals surface area contributed by atoms with Crippen molar-refractivity contribution in [2.24, 2.45) is 0 Å². The molecule has 0 aliphatic carbocycles. The summed E-state index contributed by atoms with van der Waals surface area (Å²) in [7, 11) is 1.31. The molecule has 0 atom stereocenters. The van der Waals surface area contributed by atoms with E-state index in [1.807, 2.05) is 0 Å². The Morgan fingerprint density at radius 3 is 2.53 bits per heavy atom. The Hall–Kier alpha value is -3.21. The fraction of sp³-hybridized carbons (Fsp3) is 0.174. The van der Waals surface area contributed by atoms with E-state index in [1.54, 1.807) is 48.5 Å². The first kappa shape index (κ1) is 25.4. The molecule has 34 heavy (non-hydrogen) atoms. The van der Waals surface area contributed by atoms with Crippen molar-refractivity contribution in [3.63, 3.8) is 0 Å². The molecule has 1 aliphatic rings. The van der Waals surface area contributed by atoms with E-state index < -0.39 is 17.8 Å². The first-order valence-corrected chi connectivity index (χ1v) is 11.7. The molecule has 3 rings (SSSR count). The highest BCUT2D eigenvalue weighted by Gasteiger charge is 2.31. The summed E-state index contributed by atoms with van der Waals surface area (Å²) in [5.41, 5.74) is 6.13. The molecule has 8 nitrogen and oxygen atoms in total. The van der Waals surface area contributed by atoms with E-state index in [0.29, 0.717) is 31.8 Å². The number of halogens is 1. The zero-order valence-corrected chi connectivity index (χ0v) is 20.4. The molecular formula is C23H20ClN3O5S2. The van der Waals surface area contributed by atoms with Crippen LogP contribution in [-0.4, -0.2) is 46.6 Å². The standard InChI is InChI=1S/C23H20ClN3O5S2/c1-32-22(31)15-9-7-14(8-10-15)12-18-21(30)27(23(33)34-18)11-3-6-19(28)25-26-20(29)16-4-2-5-17(24)13-16/h2,4-5,7-10,12-13H,3,6,11H2,1H3,(H,25,28)(H,26,29)/b18-12-. The number of carbonyl (C=O) groups is 4. The minimum absolute atomic E-state index is 0.0842. The van der Waals surface area contributed by atoms with Gasteiger partial charge < -0.3 is 4.74 Å². The van der Waals surface area contributed by atoms with Gasteiger partial charge in [-0.2, -0.15) is 0 Å². The fourth-order valence-electron chi connectivity index (χ4n) is 2.97. The van der Waals surface area contributed by atoms with Crippen molar-refractivity contribution in [1.29, 1.82) is 0 Å². The van der Waals surface area contributed by atoms with E-state index in [0.717, 1.165) is 5.56 Å². The van der Waals surface area contributed by atoms with Gasteiger partial charge >= 0.3 is 5.97 Å². The van der Waals surface area contributed by atoms with Crippen LogP contribution in [0.1, 0.15) is 39.1 Å². The molecular weight excluding hydrogens is 498 g/mol. The summed E-state index contributed by atoms with van der Waals surface area (Å²) in [6, 6.07) is 13.0. The second-order valence-electron chi connectivity index (χ2n) is 7.06. The Morgan fingerprint density at radius 2 is 1.85 bits per heavy atom. The lowest BCUT2D eigenvalue weighted by Gasteiger charge is -2.14. The fourth-order valence-corrected chi connectivity index (χ4v) is 4.46. The second-order valence-corrected chi connectivity index (χ2v) is 9.18. The number of methoxy groups -OCH3 is 1. The van der Waals surface area contributed by atoms with Gasteiger partial charge in [-0.1, -0.05) is 53.8 Å². The molecule has 1 aliphatic heterocycles. The van der Waals surface area contributed by atoms with Crippen LogP contribution in [0.15, 0.2) is 53.4 Å². The van der Waals surface area contributed by atoms with E-state index in [4.69, 9.17) is 23.8 Å². The number of carbonyl (C=O) groups excluding carboxylic acids is 4. The van der Waals surface area contributed by atoms with Crippen LogP contribution in [0.3, 0.4) is 0 Å². The van der Waals surface area contributed by atoms with Crippen molar-refractivity contribution in [2.75, 3.05) is 13.7 Å². The smallest absolute Gasteiger partial charge is 0.337 e. The summed E-state index contributed by atoms with van der Waals surface area (Å²) in [6.45, 7) is 0.263. The first-order valence-electron chi connectivity index (χ1n) is 10.1. The highest BCUT2D eigenvalue weighted by atomic mass is 35.5. The molecule has 2 aromatic rings. The molecule has 176 valence electrons. The maximum Gasteiger partial charge on any atom is 0.337 e. The zero-order chi connectivity index (χ0) is 24.7. The van der Waals surface area contributed by atoms with Crippen LogP contribution in [0.5, 0.6) is 0 Å². The molecule has 2 aromatic carbocycles. The van der Waals surface area contributed by atoms with Crippen LogP contribution in [0.4, 0.5) is 0 Å². The van der Waals surface area contributed by atoms with Crippen LogP contribution in [0, 0.1) is 0 Å². The minimum atomic E-state index is -0.488. The summed E-state index contributed by atoms with van der Waals surface area (Å²) in [5, 5.41) is 0.412. The van der Waals surface area contributed by atoms with Gasteiger partial charge in [-0.3, -0.25) is 30.1 Å². The van der Waals surface area contributed by atoms with Gasteiger partial charge in [0.2, 0.25) is 5.91 Å². The Bertz CT molecular complexity index is 1170. The van der Waals surface area contributed by atoms with Crippen molar-refractivity contribution < 1.29 is 23.9 Å². The maximum atomic E-state index is 12.7. The predicted molar refractivity (Wildman–Crippen MR) is 134 cm³/mol. The van der Waals surface area contributed by atoms with Crippen molar-refractivity contribution in [1.82, 2.24) is 15.8 Å². The molecule has 11 heteroatoms. The summed E-state index contributed by atoms with van der Waals surface area (Å²) < 4.78 is 5.07. The number of rotatable bonds is 7. The van der Waals surface area contributed by atoms with Crippen LogP contribution in [0.2, 0.25) is 5.02 Å². The molecule has 0 bridgehead atoms. The number of amides is 3. The Morgan fingerprint density at radius 1 is 1.12 bits per heavy atom. The van der Waals surface area contributed by atoms with E-state index in [9.17, 15) is 19.2 Å². The molecule has 0 saturated carbocycles. The van der Waals surface area contributed by atoms with Crippen LogP contribution in [-0.2, 0) is 14.3 Å². The zero-order valence-electron chi connectivity index (χ0n) is 18.0. The van der Waals surface area contributed by atoms with Crippen molar-refractivity contribution >= 4 is 69.7 Å².